The molecule has 0 saturated heterocycles. The van der Waals surface area contributed by atoms with E-state index in [2.05, 4.69) is 4.98 Å². The van der Waals surface area contributed by atoms with Crippen LogP contribution in [0.4, 0.5) is 4.39 Å². The van der Waals surface area contributed by atoms with Gasteiger partial charge in [-0.05, 0) is 18.2 Å². The van der Waals surface area contributed by atoms with Crippen molar-refractivity contribution in [3.8, 4) is 11.6 Å². The van der Waals surface area contributed by atoms with E-state index in [0.29, 0.717) is 17.2 Å². The number of nitrogens with zero attached hydrogens (tertiary/aromatic N) is 1. The van der Waals surface area contributed by atoms with E-state index in [1.54, 1.807) is 18.2 Å². The van der Waals surface area contributed by atoms with Crippen molar-refractivity contribution in [1.29, 1.82) is 0 Å². The summed E-state index contributed by atoms with van der Waals surface area (Å²) in [5.41, 5.74) is 6.72. The van der Waals surface area contributed by atoms with E-state index in [1.165, 1.54) is 6.07 Å². The van der Waals surface area contributed by atoms with E-state index < -0.39 is 0 Å². The summed E-state index contributed by atoms with van der Waals surface area (Å²) in [7, 11) is 0. The molecule has 0 fully saturated rings. The van der Waals surface area contributed by atoms with Gasteiger partial charge in [-0.15, -0.1) is 0 Å². The van der Waals surface area contributed by atoms with Crippen LogP contribution in [0.1, 0.15) is 5.56 Å². The molecule has 100 valence electrons. The van der Waals surface area contributed by atoms with Gasteiger partial charge >= 0.3 is 0 Å². The molecule has 0 unspecified atom stereocenters. The molecule has 4 heteroatoms. The number of fused-ring (bicyclic) bond motifs is 1. The Kier molecular flexibility index (Phi) is 3.31. The van der Waals surface area contributed by atoms with Gasteiger partial charge in [0.2, 0.25) is 5.88 Å². The second-order valence-corrected chi connectivity index (χ2v) is 4.40. The third-order valence-electron chi connectivity index (χ3n) is 3.04. The third-order valence-corrected chi connectivity index (χ3v) is 3.04. The molecule has 3 aromatic rings. The van der Waals surface area contributed by atoms with Crippen molar-refractivity contribution >= 4 is 10.9 Å². The number of halogens is 1. The molecule has 0 aliphatic heterocycles. The molecule has 3 nitrogen and oxygen atoms in total. The molecular formula is C16H13FN2O. The Hall–Kier alpha value is -2.46. The second-order valence-electron chi connectivity index (χ2n) is 4.40. The van der Waals surface area contributed by atoms with E-state index in [0.717, 1.165) is 10.9 Å². The maximum Gasteiger partial charge on any atom is 0.219 e. The van der Waals surface area contributed by atoms with Crippen LogP contribution in [-0.4, -0.2) is 4.98 Å². The van der Waals surface area contributed by atoms with Crippen molar-refractivity contribution in [3.63, 3.8) is 0 Å². The summed E-state index contributed by atoms with van der Waals surface area (Å²) >= 11 is 0. The number of benzene rings is 2. The fourth-order valence-electron chi connectivity index (χ4n) is 1.98. The molecule has 2 N–H and O–H groups in total. The van der Waals surface area contributed by atoms with E-state index in [-0.39, 0.29) is 12.4 Å². The highest BCUT2D eigenvalue weighted by molar-refractivity contribution is 5.78. The van der Waals surface area contributed by atoms with Crippen molar-refractivity contribution in [3.05, 3.63) is 66.0 Å². The average Bonchev–Trinajstić information content (AvgIpc) is 2.47. The van der Waals surface area contributed by atoms with Crippen molar-refractivity contribution in [2.24, 2.45) is 5.73 Å². The van der Waals surface area contributed by atoms with Crippen LogP contribution in [-0.2, 0) is 6.54 Å². The van der Waals surface area contributed by atoms with Crippen molar-refractivity contribution in [2.45, 2.75) is 6.54 Å². The van der Waals surface area contributed by atoms with Crippen LogP contribution in [0.2, 0.25) is 0 Å². The average molecular weight is 268 g/mol. The van der Waals surface area contributed by atoms with Crippen LogP contribution in [0.15, 0.2) is 54.6 Å². The lowest BCUT2D eigenvalue weighted by Crippen LogP contribution is -1.99. The van der Waals surface area contributed by atoms with Gasteiger partial charge in [-0.1, -0.05) is 24.3 Å². The molecule has 1 aromatic heterocycles. The highest BCUT2D eigenvalue weighted by Gasteiger charge is 2.05. The minimum Gasteiger partial charge on any atom is -0.439 e. The highest BCUT2D eigenvalue weighted by Crippen LogP contribution is 2.24. The molecule has 0 amide bonds. The maximum absolute atomic E-state index is 13.6. The van der Waals surface area contributed by atoms with E-state index in [4.69, 9.17) is 10.5 Å². The zero-order valence-corrected chi connectivity index (χ0v) is 10.7. The number of rotatable bonds is 3. The van der Waals surface area contributed by atoms with Crippen LogP contribution in [0.3, 0.4) is 0 Å². The summed E-state index contributed by atoms with van der Waals surface area (Å²) in [6, 6.07) is 16.0. The second kappa shape index (κ2) is 5.27. The zero-order valence-electron chi connectivity index (χ0n) is 10.7. The van der Waals surface area contributed by atoms with Gasteiger partial charge in [0.05, 0.1) is 5.52 Å². The summed E-state index contributed by atoms with van der Waals surface area (Å²) in [6.45, 7) is 0.167. The Morgan fingerprint density at radius 1 is 1.05 bits per heavy atom. The molecule has 0 aliphatic rings. The standard InChI is InChI=1S/C16H13FN2O/c17-14-9-13(7-5-12(14)10-18)20-16-8-6-11-3-1-2-4-15(11)19-16/h1-9H,10,18H2. The highest BCUT2D eigenvalue weighted by atomic mass is 19.1. The smallest absolute Gasteiger partial charge is 0.219 e. The van der Waals surface area contributed by atoms with Crippen LogP contribution in [0.25, 0.3) is 10.9 Å². The minimum absolute atomic E-state index is 0.167. The number of aromatic nitrogens is 1. The van der Waals surface area contributed by atoms with E-state index in [1.807, 2.05) is 30.3 Å². The number of pyridine rings is 1. The minimum atomic E-state index is -0.370. The fraction of sp³-hybridized carbons (Fsp3) is 0.0625. The van der Waals surface area contributed by atoms with Crippen LogP contribution in [0.5, 0.6) is 11.6 Å². The van der Waals surface area contributed by atoms with Gasteiger partial charge in [0.1, 0.15) is 11.6 Å². The topological polar surface area (TPSA) is 48.1 Å². The third kappa shape index (κ3) is 2.46. The Bertz CT molecular complexity index is 758. The molecule has 0 bridgehead atoms. The molecule has 0 atom stereocenters. The first kappa shape index (κ1) is 12.6. The molecule has 0 saturated carbocycles. The Labute approximate surface area is 115 Å². The van der Waals surface area contributed by atoms with Gasteiger partial charge in [-0.2, -0.15) is 0 Å². The molecular weight excluding hydrogens is 255 g/mol. The predicted molar refractivity (Wildman–Crippen MR) is 76.1 cm³/mol. The fourth-order valence-corrected chi connectivity index (χ4v) is 1.98. The lowest BCUT2D eigenvalue weighted by Gasteiger charge is -2.07. The molecule has 2 aromatic carbocycles. The number of hydrogen-bond donors (Lipinski definition) is 1. The number of nitrogens with two attached hydrogens (primary N) is 1. The van der Waals surface area contributed by atoms with Gasteiger partial charge in [-0.25, -0.2) is 9.37 Å². The first-order valence-corrected chi connectivity index (χ1v) is 6.28. The molecule has 0 aliphatic carbocycles. The van der Waals surface area contributed by atoms with Gasteiger partial charge in [-0.3, -0.25) is 0 Å². The van der Waals surface area contributed by atoms with Gasteiger partial charge in [0.25, 0.3) is 0 Å². The van der Waals surface area contributed by atoms with Gasteiger partial charge in [0, 0.05) is 29.6 Å². The van der Waals surface area contributed by atoms with E-state index in [9.17, 15) is 4.39 Å². The number of hydrogen-bond acceptors (Lipinski definition) is 3. The lowest BCUT2D eigenvalue weighted by molar-refractivity contribution is 0.459. The molecule has 20 heavy (non-hydrogen) atoms. The maximum atomic E-state index is 13.6. The molecule has 3 rings (SSSR count). The monoisotopic (exact) mass is 268 g/mol. The lowest BCUT2D eigenvalue weighted by atomic mass is 10.2. The quantitative estimate of drug-likeness (QED) is 0.789. The SMILES string of the molecule is NCc1ccc(Oc2ccc3ccccc3n2)cc1F. The Morgan fingerprint density at radius 2 is 1.90 bits per heavy atom. The Morgan fingerprint density at radius 3 is 2.70 bits per heavy atom. The zero-order chi connectivity index (χ0) is 13.9. The first-order valence-electron chi connectivity index (χ1n) is 6.28. The summed E-state index contributed by atoms with van der Waals surface area (Å²) < 4.78 is 19.2. The predicted octanol–water partition coefficient (Wildman–Crippen LogP) is 3.62. The largest absolute Gasteiger partial charge is 0.439 e. The summed E-state index contributed by atoms with van der Waals surface area (Å²) in [5, 5.41) is 1.03. The number of para-hydroxylation sites is 1. The van der Waals surface area contributed by atoms with Crippen molar-refractivity contribution in [2.75, 3.05) is 0 Å². The van der Waals surface area contributed by atoms with Crippen LogP contribution < -0.4 is 10.5 Å². The van der Waals surface area contributed by atoms with Crippen molar-refractivity contribution < 1.29 is 9.13 Å². The van der Waals surface area contributed by atoms with Gasteiger partial charge < -0.3 is 10.5 Å². The number of ether oxygens (including phenoxy) is 1. The molecule has 0 radical (unpaired) electrons. The van der Waals surface area contributed by atoms with Crippen molar-refractivity contribution in [1.82, 2.24) is 4.98 Å². The Balaban J connectivity index is 1.90. The van der Waals surface area contributed by atoms with Gasteiger partial charge in [0.15, 0.2) is 0 Å². The van der Waals surface area contributed by atoms with E-state index >= 15 is 0 Å². The molecule has 0 spiro atoms. The normalized spacial score (nSPS) is 10.7. The molecule has 1 heterocycles. The summed E-state index contributed by atoms with van der Waals surface area (Å²) in [6.07, 6.45) is 0. The summed E-state index contributed by atoms with van der Waals surface area (Å²) in [4.78, 5) is 4.37. The van der Waals surface area contributed by atoms with Crippen LogP contribution >= 0.6 is 0 Å². The first-order chi connectivity index (χ1) is 9.76. The van der Waals surface area contributed by atoms with Crippen LogP contribution in [0, 0.1) is 5.82 Å². The summed E-state index contributed by atoms with van der Waals surface area (Å²) in [5.74, 6) is 0.469.